The van der Waals surface area contributed by atoms with Crippen molar-refractivity contribution in [1.29, 1.82) is 0 Å². The Morgan fingerprint density at radius 3 is 2.75 bits per heavy atom. The number of carbonyl (C=O) groups excluding carboxylic acids is 1. The smallest absolute Gasteiger partial charge is 0.422 e. The highest BCUT2D eigenvalue weighted by Crippen LogP contribution is 2.24. The summed E-state index contributed by atoms with van der Waals surface area (Å²) in [5, 5.41) is 12.3. The van der Waals surface area contributed by atoms with Crippen molar-refractivity contribution in [3.8, 4) is 5.75 Å². The molecule has 1 amide bonds. The quantitative estimate of drug-likeness (QED) is 0.834. The van der Waals surface area contributed by atoms with Gasteiger partial charge in [-0.3, -0.25) is 4.79 Å². The van der Waals surface area contributed by atoms with Gasteiger partial charge in [-0.05, 0) is 30.5 Å². The van der Waals surface area contributed by atoms with E-state index in [2.05, 4.69) is 10.1 Å². The second kappa shape index (κ2) is 8.37. The first kappa shape index (κ1) is 18.6. The minimum atomic E-state index is -4.40. The molecule has 24 heavy (non-hydrogen) atoms. The molecule has 2 rings (SSSR count). The first-order chi connectivity index (χ1) is 11.4. The maximum atomic E-state index is 12.2. The maximum absolute atomic E-state index is 12.2. The van der Waals surface area contributed by atoms with Crippen LogP contribution in [-0.2, 0) is 11.2 Å². The van der Waals surface area contributed by atoms with Crippen LogP contribution in [0.5, 0.6) is 5.75 Å². The molecule has 0 aromatic heterocycles. The normalized spacial score (nSPS) is 21.3. The van der Waals surface area contributed by atoms with Crippen LogP contribution in [0.1, 0.15) is 31.2 Å². The maximum Gasteiger partial charge on any atom is 0.422 e. The van der Waals surface area contributed by atoms with E-state index in [0.29, 0.717) is 5.56 Å². The number of halogens is 3. The van der Waals surface area contributed by atoms with Crippen molar-refractivity contribution in [3.63, 3.8) is 0 Å². The highest BCUT2D eigenvalue weighted by atomic mass is 19.4. The molecule has 2 unspecified atom stereocenters. The molecule has 0 aliphatic heterocycles. The average Bonchev–Trinajstić information content (AvgIpc) is 2.53. The van der Waals surface area contributed by atoms with Gasteiger partial charge >= 0.3 is 6.18 Å². The predicted molar refractivity (Wildman–Crippen MR) is 82.7 cm³/mol. The van der Waals surface area contributed by atoms with Crippen LogP contribution in [0.25, 0.3) is 0 Å². The number of nitrogens with one attached hydrogen (secondary N) is 1. The zero-order valence-corrected chi connectivity index (χ0v) is 13.3. The van der Waals surface area contributed by atoms with Gasteiger partial charge in [0.1, 0.15) is 5.75 Å². The Bertz CT molecular complexity index is 548. The molecule has 2 N–H and O–H groups in total. The fraction of sp³-hybridized carbons (Fsp3) is 0.588. The third-order valence-electron chi connectivity index (χ3n) is 4.16. The Hall–Kier alpha value is -1.76. The van der Waals surface area contributed by atoms with Gasteiger partial charge in [0.25, 0.3) is 0 Å². The molecule has 134 valence electrons. The predicted octanol–water partition coefficient (Wildman–Crippen LogP) is 2.84. The summed E-state index contributed by atoms with van der Waals surface area (Å²) >= 11 is 0. The minimum absolute atomic E-state index is 0.0408. The third-order valence-corrected chi connectivity index (χ3v) is 4.16. The largest absolute Gasteiger partial charge is 0.484 e. The lowest BCUT2D eigenvalue weighted by molar-refractivity contribution is -0.153. The number of rotatable bonds is 6. The van der Waals surface area contributed by atoms with Crippen molar-refractivity contribution in [3.05, 3.63) is 29.8 Å². The molecule has 0 saturated heterocycles. The van der Waals surface area contributed by atoms with E-state index in [4.69, 9.17) is 0 Å². The van der Waals surface area contributed by atoms with E-state index in [1.54, 1.807) is 12.1 Å². The van der Waals surface area contributed by atoms with Crippen LogP contribution in [0.4, 0.5) is 13.2 Å². The number of ether oxygens (including phenoxy) is 1. The van der Waals surface area contributed by atoms with E-state index in [1.807, 2.05) is 0 Å². The monoisotopic (exact) mass is 345 g/mol. The van der Waals surface area contributed by atoms with E-state index >= 15 is 0 Å². The van der Waals surface area contributed by atoms with E-state index in [1.165, 1.54) is 12.1 Å². The Morgan fingerprint density at radius 2 is 2.04 bits per heavy atom. The van der Waals surface area contributed by atoms with Crippen LogP contribution in [0.2, 0.25) is 0 Å². The lowest BCUT2D eigenvalue weighted by Crippen LogP contribution is -2.44. The number of benzene rings is 1. The molecule has 7 heteroatoms. The summed E-state index contributed by atoms with van der Waals surface area (Å²) in [6.07, 6.45) is -0.530. The van der Waals surface area contributed by atoms with Gasteiger partial charge in [0.2, 0.25) is 5.91 Å². The van der Waals surface area contributed by atoms with Gasteiger partial charge in [0.15, 0.2) is 6.61 Å². The van der Waals surface area contributed by atoms with Crippen LogP contribution in [0.3, 0.4) is 0 Å². The van der Waals surface area contributed by atoms with E-state index in [9.17, 15) is 23.1 Å². The van der Waals surface area contributed by atoms with Crippen molar-refractivity contribution in [2.45, 2.75) is 44.3 Å². The molecule has 1 fully saturated rings. The highest BCUT2D eigenvalue weighted by molar-refractivity contribution is 5.79. The van der Waals surface area contributed by atoms with Crippen molar-refractivity contribution in [2.75, 3.05) is 13.2 Å². The zero-order valence-electron chi connectivity index (χ0n) is 13.3. The lowest BCUT2D eigenvalue weighted by Gasteiger charge is -2.30. The van der Waals surface area contributed by atoms with Gasteiger partial charge in [0.05, 0.1) is 6.42 Å². The fourth-order valence-electron chi connectivity index (χ4n) is 2.97. The van der Waals surface area contributed by atoms with Crippen molar-refractivity contribution in [2.24, 2.45) is 5.92 Å². The topological polar surface area (TPSA) is 58.6 Å². The second-order valence-electron chi connectivity index (χ2n) is 6.13. The van der Waals surface area contributed by atoms with Crippen LogP contribution in [0.15, 0.2) is 24.3 Å². The fourth-order valence-corrected chi connectivity index (χ4v) is 2.97. The molecule has 4 nitrogen and oxygen atoms in total. The Kier molecular flexibility index (Phi) is 6.48. The average molecular weight is 345 g/mol. The van der Waals surface area contributed by atoms with E-state index in [0.717, 1.165) is 25.7 Å². The number of hydrogen-bond donors (Lipinski definition) is 2. The zero-order chi connectivity index (χ0) is 17.6. The molecule has 1 aromatic rings. The summed E-state index contributed by atoms with van der Waals surface area (Å²) in [6.45, 7) is -1.31. The van der Waals surface area contributed by atoms with Gasteiger partial charge in [0, 0.05) is 18.6 Å². The first-order valence-electron chi connectivity index (χ1n) is 8.06. The van der Waals surface area contributed by atoms with Gasteiger partial charge in [-0.15, -0.1) is 0 Å². The van der Waals surface area contributed by atoms with Crippen LogP contribution < -0.4 is 10.1 Å². The second-order valence-corrected chi connectivity index (χ2v) is 6.13. The van der Waals surface area contributed by atoms with Crippen LogP contribution in [0, 0.1) is 5.92 Å². The summed E-state index contributed by atoms with van der Waals surface area (Å²) < 4.78 is 41.2. The standard InChI is InChI=1S/C17H22F3NO3/c18-17(19,20)11-24-14-6-3-4-12(8-14)9-16(23)21-15-7-2-1-5-13(15)10-22/h3-4,6,8,13,15,22H,1-2,5,7,9-11H2,(H,21,23). The van der Waals surface area contributed by atoms with Crippen molar-refractivity contribution >= 4 is 5.91 Å². The number of aliphatic hydroxyl groups excluding tert-OH is 1. The number of amides is 1. The molecule has 1 aliphatic carbocycles. The lowest BCUT2D eigenvalue weighted by atomic mass is 9.85. The number of hydrogen-bond acceptors (Lipinski definition) is 3. The number of aliphatic hydroxyl groups is 1. The molecule has 2 atom stereocenters. The molecule has 0 bridgehead atoms. The molecule has 0 heterocycles. The Morgan fingerprint density at radius 1 is 1.29 bits per heavy atom. The van der Waals surface area contributed by atoms with Gasteiger partial charge in [-0.25, -0.2) is 0 Å². The number of carbonyl (C=O) groups is 1. The highest BCUT2D eigenvalue weighted by Gasteiger charge is 2.28. The summed E-state index contributed by atoms with van der Waals surface area (Å²) in [7, 11) is 0. The Labute approximate surface area is 139 Å². The molecule has 0 radical (unpaired) electrons. The summed E-state index contributed by atoms with van der Waals surface area (Å²) in [4.78, 5) is 12.2. The minimum Gasteiger partial charge on any atom is -0.484 e. The molecule has 1 saturated carbocycles. The van der Waals surface area contributed by atoms with Gasteiger partial charge in [-0.2, -0.15) is 13.2 Å². The van der Waals surface area contributed by atoms with Crippen molar-refractivity contribution in [1.82, 2.24) is 5.32 Å². The molecular weight excluding hydrogens is 323 g/mol. The summed E-state index contributed by atoms with van der Waals surface area (Å²) in [5.74, 6) is -0.0407. The summed E-state index contributed by atoms with van der Waals surface area (Å²) in [6, 6.07) is 6.06. The van der Waals surface area contributed by atoms with Gasteiger partial charge < -0.3 is 15.2 Å². The van der Waals surface area contributed by atoms with E-state index in [-0.39, 0.29) is 36.6 Å². The molecule has 1 aromatic carbocycles. The number of alkyl halides is 3. The van der Waals surface area contributed by atoms with E-state index < -0.39 is 12.8 Å². The molecule has 0 spiro atoms. The van der Waals surface area contributed by atoms with Gasteiger partial charge in [-0.1, -0.05) is 25.0 Å². The molecular formula is C17H22F3NO3. The van der Waals surface area contributed by atoms with Crippen molar-refractivity contribution < 1.29 is 27.8 Å². The third kappa shape index (κ3) is 6.03. The van der Waals surface area contributed by atoms with Crippen LogP contribution in [-0.4, -0.2) is 36.4 Å². The van der Waals surface area contributed by atoms with Crippen LogP contribution >= 0.6 is 0 Å². The Balaban J connectivity index is 1.89. The summed E-state index contributed by atoms with van der Waals surface area (Å²) in [5.41, 5.74) is 0.587. The SMILES string of the molecule is O=C(Cc1cccc(OCC(F)(F)F)c1)NC1CCCCC1CO. The first-order valence-corrected chi connectivity index (χ1v) is 8.06. The molecule has 1 aliphatic rings.